The first-order valence-corrected chi connectivity index (χ1v) is 12.2. The minimum Gasteiger partial charge on any atom is -0.343 e. The number of aromatic nitrogens is 1. The highest BCUT2D eigenvalue weighted by Crippen LogP contribution is 2.28. The Kier molecular flexibility index (Phi) is 6.93. The predicted octanol–water partition coefficient (Wildman–Crippen LogP) is 4.93. The Morgan fingerprint density at radius 3 is 2.43 bits per heavy atom. The molecule has 0 radical (unpaired) electrons. The average molecular weight is 471 g/mol. The van der Waals surface area contributed by atoms with E-state index >= 15 is 0 Å². The van der Waals surface area contributed by atoms with Gasteiger partial charge in [0.1, 0.15) is 5.82 Å². The maximum Gasteiger partial charge on any atom is 0.241 e. The normalized spacial score (nSPS) is 14.9. The van der Waals surface area contributed by atoms with E-state index in [0.29, 0.717) is 13.0 Å². The molecule has 1 amide bonds. The lowest BCUT2D eigenvalue weighted by Crippen LogP contribution is -2.37. The minimum absolute atomic E-state index is 0.194. The van der Waals surface area contributed by atoms with Gasteiger partial charge in [-0.25, -0.2) is 4.39 Å². The number of anilines is 1. The molecular weight excluding hydrogens is 439 g/mol. The molecule has 35 heavy (non-hydrogen) atoms. The van der Waals surface area contributed by atoms with Crippen molar-refractivity contribution < 1.29 is 9.18 Å². The van der Waals surface area contributed by atoms with E-state index in [4.69, 9.17) is 5.73 Å². The summed E-state index contributed by atoms with van der Waals surface area (Å²) < 4.78 is 15.6. The Morgan fingerprint density at radius 1 is 0.943 bits per heavy atom. The van der Waals surface area contributed by atoms with E-state index in [9.17, 15) is 9.18 Å². The van der Waals surface area contributed by atoms with E-state index in [1.54, 1.807) is 0 Å². The highest BCUT2D eigenvalue weighted by atomic mass is 19.1. The lowest BCUT2D eigenvalue weighted by atomic mass is 10.1. The molecule has 0 aliphatic carbocycles. The summed E-state index contributed by atoms with van der Waals surface area (Å²) in [6.07, 6.45) is 5.14. The van der Waals surface area contributed by atoms with Gasteiger partial charge in [0.25, 0.3) is 0 Å². The quantitative estimate of drug-likeness (QED) is 0.384. The van der Waals surface area contributed by atoms with Gasteiger partial charge >= 0.3 is 0 Å². The van der Waals surface area contributed by atoms with Crippen molar-refractivity contribution in [1.82, 2.24) is 9.47 Å². The van der Waals surface area contributed by atoms with Crippen LogP contribution in [0.25, 0.3) is 10.9 Å². The van der Waals surface area contributed by atoms with E-state index in [0.717, 1.165) is 47.4 Å². The number of carbonyl (C=O) groups is 1. The van der Waals surface area contributed by atoms with Gasteiger partial charge in [0, 0.05) is 35.9 Å². The molecule has 3 N–H and O–H groups in total. The molecular formula is C29H31FN4O. The van der Waals surface area contributed by atoms with Crippen molar-refractivity contribution in [3.63, 3.8) is 0 Å². The predicted molar refractivity (Wildman–Crippen MR) is 139 cm³/mol. The first-order chi connectivity index (χ1) is 17.0. The van der Waals surface area contributed by atoms with E-state index < -0.39 is 6.04 Å². The smallest absolute Gasteiger partial charge is 0.241 e. The van der Waals surface area contributed by atoms with Gasteiger partial charge in [-0.15, -0.1) is 0 Å². The molecule has 6 heteroatoms. The SMILES string of the molecule is NC(Cc1ccccc1)C(=O)Nc1ccc2c(c1)c(CN1CCCC1)cn2Cc1ccc(F)cc1. The Labute approximate surface area is 205 Å². The lowest BCUT2D eigenvalue weighted by molar-refractivity contribution is -0.117. The zero-order chi connectivity index (χ0) is 24.2. The number of fused-ring (bicyclic) bond motifs is 1. The summed E-state index contributed by atoms with van der Waals surface area (Å²) in [6.45, 7) is 3.74. The number of amides is 1. The molecule has 3 aromatic carbocycles. The molecule has 1 fully saturated rings. The molecule has 5 rings (SSSR count). The molecule has 0 spiro atoms. The summed E-state index contributed by atoms with van der Waals surface area (Å²) >= 11 is 0. The Hall–Kier alpha value is -3.48. The number of likely N-dealkylation sites (tertiary alicyclic amines) is 1. The number of carbonyl (C=O) groups excluding carboxylic acids is 1. The summed E-state index contributed by atoms with van der Waals surface area (Å²) in [5.74, 6) is -0.424. The van der Waals surface area contributed by atoms with Crippen molar-refractivity contribution >= 4 is 22.5 Å². The van der Waals surface area contributed by atoms with Crippen molar-refractivity contribution in [3.05, 3.63) is 102 Å². The summed E-state index contributed by atoms with van der Waals surface area (Å²) in [4.78, 5) is 15.3. The van der Waals surface area contributed by atoms with Crippen molar-refractivity contribution in [1.29, 1.82) is 0 Å². The standard InChI is InChI=1S/C29H31FN4O/c30-24-10-8-22(9-11-24)18-34-20-23(19-33-14-4-5-15-33)26-17-25(12-13-28(26)34)32-29(35)27(31)16-21-6-2-1-3-7-21/h1-3,6-13,17,20,27H,4-5,14-16,18-19,31H2,(H,32,35). The first kappa shape index (κ1) is 23.3. The lowest BCUT2D eigenvalue weighted by Gasteiger charge is -2.14. The van der Waals surface area contributed by atoms with Gasteiger partial charge in [-0.2, -0.15) is 0 Å². The maximum absolute atomic E-state index is 13.4. The van der Waals surface area contributed by atoms with Crippen LogP contribution in [0.5, 0.6) is 0 Å². The number of nitrogens with two attached hydrogens (primary N) is 1. The molecule has 1 unspecified atom stereocenters. The van der Waals surface area contributed by atoms with Crippen LogP contribution in [0, 0.1) is 5.82 Å². The number of hydrogen-bond donors (Lipinski definition) is 2. The van der Waals surface area contributed by atoms with Crippen LogP contribution in [0.1, 0.15) is 29.5 Å². The minimum atomic E-state index is -0.625. The van der Waals surface area contributed by atoms with Crippen LogP contribution >= 0.6 is 0 Å². The zero-order valence-electron chi connectivity index (χ0n) is 19.8. The molecule has 1 atom stereocenters. The molecule has 2 heterocycles. The molecule has 1 aromatic heterocycles. The number of rotatable bonds is 8. The fraction of sp³-hybridized carbons (Fsp3) is 0.276. The van der Waals surface area contributed by atoms with Crippen LogP contribution in [0.3, 0.4) is 0 Å². The van der Waals surface area contributed by atoms with Gasteiger partial charge < -0.3 is 15.6 Å². The third-order valence-electron chi connectivity index (χ3n) is 6.73. The number of nitrogens with zero attached hydrogens (tertiary/aromatic N) is 2. The van der Waals surface area contributed by atoms with Gasteiger partial charge in [-0.3, -0.25) is 9.69 Å². The summed E-state index contributed by atoms with van der Waals surface area (Å²) in [5, 5.41) is 4.13. The van der Waals surface area contributed by atoms with Crippen LogP contribution in [0.15, 0.2) is 79.0 Å². The largest absolute Gasteiger partial charge is 0.343 e. The third kappa shape index (κ3) is 5.61. The Bertz CT molecular complexity index is 1290. The molecule has 0 bridgehead atoms. The highest BCUT2D eigenvalue weighted by molar-refractivity contribution is 5.97. The second-order valence-corrected chi connectivity index (χ2v) is 9.41. The van der Waals surface area contributed by atoms with Crippen molar-refractivity contribution in [2.24, 2.45) is 5.73 Å². The summed E-state index contributed by atoms with van der Waals surface area (Å²) in [5.41, 5.74) is 11.3. The summed E-state index contributed by atoms with van der Waals surface area (Å²) in [7, 11) is 0. The van der Waals surface area contributed by atoms with Gasteiger partial charge in [0.15, 0.2) is 0 Å². The van der Waals surface area contributed by atoms with Crippen LogP contribution in [-0.2, 0) is 24.3 Å². The molecule has 1 aliphatic rings. The number of benzene rings is 3. The second kappa shape index (κ2) is 10.4. The van der Waals surface area contributed by atoms with Crippen molar-refractivity contribution in [2.45, 2.75) is 38.4 Å². The average Bonchev–Trinajstić information content (AvgIpc) is 3.49. The molecule has 1 saturated heterocycles. The Balaban J connectivity index is 1.39. The molecule has 5 nitrogen and oxygen atoms in total. The fourth-order valence-electron chi connectivity index (χ4n) is 4.87. The highest BCUT2D eigenvalue weighted by Gasteiger charge is 2.18. The molecule has 180 valence electrons. The van der Waals surface area contributed by atoms with Gasteiger partial charge in [-0.1, -0.05) is 42.5 Å². The second-order valence-electron chi connectivity index (χ2n) is 9.41. The van der Waals surface area contributed by atoms with Crippen LogP contribution < -0.4 is 11.1 Å². The van der Waals surface area contributed by atoms with E-state index in [-0.39, 0.29) is 11.7 Å². The van der Waals surface area contributed by atoms with Crippen molar-refractivity contribution in [3.8, 4) is 0 Å². The van der Waals surface area contributed by atoms with Crippen molar-refractivity contribution in [2.75, 3.05) is 18.4 Å². The van der Waals surface area contributed by atoms with E-state index in [1.165, 1.54) is 30.5 Å². The van der Waals surface area contributed by atoms with Crippen LogP contribution in [0.4, 0.5) is 10.1 Å². The topological polar surface area (TPSA) is 63.3 Å². The van der Waals surface area contributed by atoms with Gasteiger partial charge in [-0.05, 0) is 79.4 Å². The van der Waals surface area contributed by atoms with E-state index in [1.807, 2.05) is 54.6 Å². The molecule has 0 saturated carbocycles. The maximum atomic E-state index is 13.4. The number of halogens is 1. The van der Waals surface area contributed by atoms with Crippen LogP contribution in [0.2, 0.25) is 0 Å². The van der Waals surface area contributed by atoms with Gasteiger partial charge in [0.05, 0.1) is 6.04 Å². The van der Waals surface area contributed by atoms with Crippen LogP contribution in [-0.4, -0.2) is 34.5 Å². The number of hydrogen-bond acceptors (Lipinski definition) is 3. The fourth-order valence-corrected chi connectivity index (χ4v) is 4.87. The molecule has 1 aliphatic heterocycles. The summed E-state index contributed by atoms with van der Waals surface area (Å²) in [6, 6.07) is 21.9. The monoisotopic (exact) mass is 470 g/mol. The molecule has 4 aromatic rings. The zero-order valence-corrected chi connectivity index (χ0v) is 19.8. The third-order valence-corrected chi connectivity index (χ3v) is 6.73. The first-order valence-electron chi connectivity index (χ1n) is 12.2. The van der Waals surface area contributed by atoms with E-state index in [2.05, 4.69) is 27.0 Å². The number of nitrogens with one attached hydrogen (secondary N) is 1. The van der Waals surface area contributed by atoms with Gasteiger partial charge in [0.2, 0.25) is 5.91 Å². The Morgan fingerprint density at radius 2 is 1.69 bits per heavy atom.